The number of halogens is 1. The highest BCUT2D eigenvalue weighted by atomic mass is 19.1. The van der Waals surface area contributed by atoms with Crippen molar-refractivity contribution in [3.05, 3.63) is 41.7 Å². The first-order valence-electron chi connectivity index (χ1n) is 6.24. The summed E-state index contributed by atoms with van der Waals surface area (Å²) in [5.41, 5.74) is 2.08. The molecule has 2 nitrogen and oxygen atoms in total. The second kappa shape index (κ2) is 6.01. The van der Waals surface area contributed by atoms with E-state index < -0.39 is 6.10 Å². The molecular weight excluding hydrogens is 229 g/mol. The summed E-state index contributed by atoms with van der Waals surface area (Å²) in [6.45, 7) is 11.9. The lowest BCUT2D eigenvalue weighted by atomic mass is 10.0. The molecule has 100 valence electrons. The Balaban J connectivity index is 3.35. The maximum atomic E-state index is 13.6. The highest BCUT2D eigenvalue weighted by Gasteiger charge is 2.18. The molecule has 0 aliphatic rings. The maximum absolute atomic E-state index is 13.6. The Bertz CT molecular complexity index is 427. The molecule has 18 heavy (non-hydrogen) atoms. The Morgan fingerprint density at radius 3 is 2.44 bits per heavy atom. The molecular formula is C15H22FNO. The fourth-order valence-corrected chi connectivity index (χ4v) is 1.99. The van der Waals surface area contributed by atoms with Crippen LogP contribution in [0.5, 0.6) is 0 Å². The molecule has 0 spiro atoms. The monoisotopic (exact) mass is 251 g/mol. The topological polar surface area (TPSA) is 23.5 Å². The second-order valence-corrected chi connectivity index (χ2v) is 4.87. The third-order valence-electron chi connectivity index (χ3n) is 3.02. The van der Waals surface area contributed by atoms with Crippen LogP contribution in [0.4, 0.5) is 10.1 Å². The minimum atomic E-state index is -0.693. The van der Waals surface area contributed by atoms with Gasteiger partial charge in [-0.3, -0.25) is 0 Å². The van der Waals surface area contributed by atoms with Gasteiger partial charge in [-0.25, -0.2) is 4.39 Å². The van der Waals surface area contributed by atoms with Crippen LogP contribution in [-0.2, 0) is 0 Å². The summed E-state index contributed by atoms with van der Waals surface area (Å²) in [5.74, 6) is -0.281. The average Bonchev–Trinajstić information content (AvgIpc) is 2.28. The van der Waals surface area contributed by atoms with E-state index in [-0.39, 0.29) is 11.9 Å². The number of aliphatic hydroxyl groups is 1. The van der Waals surface area contributed by atoms with Crippen molar-refractivity contribution in [2.75, 3.05) is 11.4 Å². The van der Waals surface area contributed by atoms with Crippen molar-refractivity contribution in [3.8, 4) is 0 Å². The SMILES string of the molecule is C=CCN(c1cc(C)c(F)cc1[C@@H](C)O)C(C)C. The van der Waals surface area contributed by atoms with Gasteiger partial charge in [-0.2, -0.15) is 0 Å². The molecule has 0 fully saturated rings. The van der Waals surface area contributed by atoms with Crippen molar-refractivity contribution in [1.29, 1.82) is 0 Å². The Kier molecular flexibility index (Phi) is 4.91. The van der Waals surface area contributed by atoms with Gasteiger partial charge in [-0.1, -0.05) is 6.08 Å². The molecule has 0 heterocycles. The van der Waals surface area contributed by atoms with Crippen LogP contribution in [0.2, 0.25) is 0 Å². The lowest BCUT2D eigenvalue weighted by Crippen LogP contribution is -2.32. The summed E-state index contributed by atoms with van der Waals surface area (Å²) in [6, 6.07) is 3.47. The Morgan fingerprint density at radius 2 is 2.00 bits per heavy atom. The lowest BCUT2D eigenvalue weighted by Gasteiger charge is -2.31. The predicted molar refractivity (Wildman–Crippen MR) is 74.4 cm³/mol. The Morgan fingerprint density at radius 1 is 1.39 bits per heavy atom. The first-order chi connectivity index (χ1) is 8.38. The molecule has 0 aliphatic carbocycles. The van der Waals surface area contributed by atoms with E-state index in [9.17, 15) is 9.50 Å². The van der Waals surface area contributed by atoms with Crippen LogP contribution in [0.3, 0.4) is 0 Å². The Labute approximate surface area is 109 Å². The normalized spacial score (nSPS) is 12.6. The number of nitrogens with zero attached hydrogens (tertiary/aromatic N) is 1. The summed E-state index contributed by atoms with van der Waals surface area (Å²) >= 11 is 0. The number of hydrogen-bond donors (Lipinski definition) is 1. The second-order valence-electron chi connectivity index (χ2n) is 4.87. The summed E-state index contributed by atoms with van der Waals surface area (Å²) in [6.07, 6.45) is 1.12. The molecule has 1 N–H and O–H groups in total. The summed E-state index contributed by atoms with van der Waals surface area (Å²) < 4.78 is 13.6. The van der Waals surface area contributed by atoms with Crippen LogP contribution in [0, 0.1) is 12.7 Å². The fourth-order valence-electron chi connectivity index (χ4n) is 1.99. The highest BCUT2D eigenvalue weighted by molar-refractivity contribution is 5.57. The van der Waals surface area contributed by atoms with E-state index in [1.807, 2.05) is 6.08 Å². The molecule has 0 bridgehead atoms. The van der Waals surface area contributed by atoms with E-state index in [4.69, 9.17) is 0 Å². The molecule has 0 saturated heterocycles. The molecule has 1 rings (SSSR count). The smallest absolute Gasteiger partial charge is 0.126 e. The fraction of sp³-hybridized carbons (Fsp3) is 0.467. The molecule has 0 unspecified atom stereocenters. The van der Waals surface area contributed by atoms with Gasteiger partial charge in [0.05, 0.1) is 6.10 Å². The molecule has 0 radical (unpaired) electrons. The van der Waals surface area contributed by atoms with Gasteiger partial charge in [0.25, 0.3) is 0 Å². The van der Waals surface area contributed by atoms with Crippen molar-refractivity contribution in [2.24, 2.45) is 0 Å². The highest BCUT2D eigenvalue weighted by Crippen LogP contribution is 2.30. The van der Waals surface area contributed by atoms with Gasteiger partial charge in [0.15, 0.2) is 0 Å². The van der Waals surface area contributed by atoms with Crippen LogP contribution in [-0.4, -0.2) is 17.7 Å². The van der Waals surface area contributed by atoms with E-state index in [2.05, 4.69) is 25.3 Å². The summed E-state index contributed by atoms with van der Waals surface area (Å²) in [5, 5.41) is 9.80. The average molecular weight is 251 g/mol. The van der Waals surface area contributed by atoms with Crippen LogP contribution in [0.15, 0.2) is 24.8 Å². The van der Waals surface area contributed by atoms with Crippen LogP contribution in [0.25, 0.3) is 0 Å². The third kappa shape index (κ3) is 3.10. The quantitative estimate of drug-likeness (QED) is 0.808. The Hall–Kier alpha value is -1.35. The van der Waals surface area contributed by atoms with Crippen molar-refractivity contribution in [3.63, 3.8) is 0 Å². The first kappa shape index (κ1) is 14.7. The summed E-state index contributed by atoms with van der Waals surface area (Å²) in [7, 11) is 0. The predicted octanol–water partition coefficient (Wildman–Crippen LogP) is 3.59. The van der Waals surface area contributed by atoms with E-state index in [0.717, 1.165) is 5.69 Å². The number of aryl methyl sites for hydroxylation is 1. The van der Waals surface area contributed by atoms with Gasteiger partial charge < -0.3 is 10.0 Å². The van der Waals surface area contributed by atoms with Gasteiger partial charge >= 0.3 is 0 Å². The molecule has 3 heteroatoms. The third-order valence-corrected chi connectivity index (χ3v) is 3.02. The van der Waals surface area contributed by atoms with Crippen LogP contribution < -0.4 is 4.90 Å². The zero-order valence-corrected chi connectivity index (χ0v) is 11.6. The standard InChI is InChI=1S/C15H22FNO/c1-6-7-17(10(2)3)15-8-11(4)14(16)9-13(15)12(5)18/h6,8-10,12,18H,1,7H2,2-5H3/t12-/m1/s1. The zero-order chi connectivity index (χ0) is 13.9. The number of aliphatic hydroxyl groups excluding tert-OH is 1. The van der Waals surface area contributed by atoms with Gasteiger partial charge in [0.1, 0.15) is 5.82 Å². The van der Waals surface area contributed by atoms with Crippen LogP contribution in [0.1, 0.15) is 38.0 Å². The molecule has 0 aliphatic heterocycles. The summed E-state index contributed by atoms with van der Waals surface area (Å²) in [4.78, 5) is 2.10. The van der Waals surface area contributed by atoms with Gasteiger partial charge in [0, 0.05) is 23.8 Å². The van der Waals surface area contributed by atoms with Crippen molar-refractivity contribution >= 4 is 5.69 Å². The van der Waals surface area contributed by atoms with E-state index in [0.29, 0.717) is 17.7 Å². The van der Waals surface area contributed by atoms with Gasteiger partial charge in [0.2, 0.25) is 0 Å². The van der Waals surface area contributed by atoms with Crippen molar-refractivity contribution < 1.29 is 9.50 Å². The molecule has 0 aromatic heterocycles. The zero-order valence-electron chi connectivity index (χ0n) is 11.6. The van der Waals surface area contributed by atoms with E-state index >= 15 is 0 Å². The van der Waals surface area contributed by atoms with E-state index in [1.165, 1.54) is 6.07 Å². The van der Waals surface area contributed by atoms with Gasteiger partial charge in [-0.15, -0.1) is 6.58 Å². The minimum Gasteiger partial charge on any atom is -0.389 e. The molecule has 0 saturated carbocycles. The number of benzene rings is 1. The lowest BCUT2D eigenvalue weighted by molar-refractivity contribution is 0.199. The first-order valence-corrected chi connectivity index (χ1v) is 6.24. The number of hydrogen-bond acceptors (Lipinski definition) is 2. The number of anilines is 1. The number of rotatable bonds is 5. The van der Waals surface area contributed by atoms with Crippen LogP contribution >= 0.6 is 0 Å². The van der Waals surface area contributed by atoms with Crippen molar-refractivity contribution in [1.82, 2.24) is 0 Å². The van der Waals surface area contributed by atoms with Gasteiger partial charge in [-0.05, 0) is 45.4 Å². The molecule has 0 amide bonds. The molecule has 1 atom stereocenters. The minimum absolute atomic E-state index is 0.255. The maximum Gasteiger partial charge on any atom is 0.126 e. The molecule has 1 aromatic rings. The largest absolute Gasteiger partial charge is 0.389 e. The molecule has 1 aromatic carbocycles. The van der Waals surface area contributed by atoms with Crippen molar-refractivity contribution in [2.45, 2.75) is 39.8 Å². The van der Waals surface area contributed by atoms with E-state index in [1.54, 1.807) is 19.9 Å².